The van der Waals surface area contributed by atoms with E-state index in [0.29, 0.717) is 6.42 Å². The molecule has 0 aliphatic heterocycles. The Bertz CT molecular complexity index is 999. The smallest absolute Gasteiger partial charge is 0.308 e. The first-order valence-electron chi connectivity index (χ1n) is 11.1. The van der Waals surface area contributed by atoms with Gasteiger partial charge in [0.15, 0.2) is 0 Å². The van der Waals surface area contributed by atoms with Crippen LogP contribution < -0.4 is 0 Å². The largest absolute Gasteiger partial charge is 0.460 e. The van der Waals surface area contributed by atoms with Gasteiger partial charge in [0.05, 0.1) is 6.42 Å². The third kappa shape index (κ3) is 6.91. The number of nitrogens with zero attached hydrogens (tertiary/aromatic N) is 1. The van der Waals surface area contributed by atoms with Crippen molar-refractivity contribution in [2.75, 3.05) is 0 Å². The standard InChI is InChI=1S/C28H32INO2/c1-21(23-15-9-6-10-16-23)30(20-22-13-7-5-8-14-22)26(19-27(31)32-28(2,3)4)24-17-11-12-18-25(24)29/h5-18,21,26H,19-20H2,1-4H3/t21-,26?/m1/s1. The molecule has 3 aromatic carbocycles. The van der Waals surface area contributed by atoms with E-state index in [9.17, 15) is 4.79 Å². The highest BCUT2D eigenvalue weighted by Gasteiger charge is 2.31. The van der Waals surface area contributed by atoms with Crippen LogP contribution in [0.15, 0.2) is 84.9 Å². The maximum absolute atomic E-state index is 13.0. The van der Waals surface area contributed by atoms with Crippen LogP contribution in [0.25, 0.3) is 0 Å². The molecule has 0 aliphatic rings. The highest BCUT2D eigenvalue weighted by atomic mass is 127. The quantitative estimate of drug-likeness (QED) is 0.221. The summed E-state index contributed by atoms with van der Waals surface area (Å²) in [6.07, 6.45) is 0.293. The molecule has 0 spiro atoms. The second-order valence-electron chi connectivity index (χ2n) is 9.07. The van der Waals surface area contributed by atoms with Crippen molar-refractivity contribution in [2.45, 2.75) is 58.3 Å². The van der Waals surface area contributed by atoms with Crippen molar-refractivity contribution in [1.29, 1.82) is 0 Å². The second-order valence-corrected chi connectivity index (χ2v) is 10.2. The van der Waals surface area contributed by atoms with Gasteiger partial charge in [0.1, 0.15) is 5.60 Å². The molecule has 168 valence electrons. The van der Waals surface area contributed by atoms with Crippen molar-refractivity contribution in [2.24, 2.45) is 0 Å². The fourth-order valence-electron chi connectivity index (χ4n) is 3.93. The van der Waals surface area contributed by atoms with Crippen LogP contribution in [-0.4, -0.2) is 16.5 Å². The first-order chi connectivity index (χ1) is 15.2. The molecule has 0 aliphatic carbocycles. The third-order valence-electron chi connectivity index (χ3n) is 5.43. The Morgan fingerprint density at radius 3 is 2.06 bits per heavy atom. The van der Waals surface area contributed by atoms with Gasteiger partial charge in [0, 0.05) is 22.2 Å². The van der Waals surface area contributed by atoms with Crippen molar-refractivity contribution in [3.63, 3.8) is 0 Å². The Kier molecular flexibility index (Phi) is 8.49. The molecule has 0 aromatic heterocycles. The maximum atomic E-state index is 13.0. The SMILES string of the molecule is C[C@H](c1ccccc1)N(Cc1ccccc1)C(CC(=O)OC(C)(C)C)c1ccccc1I. The molecule has 0 heterocycles. The zero-order chi connectivity index (χ0) is 23.1. The van der Waals surface area contributed by atoms with Gasteiger partial charge in [-0.2, -0.15) is 0 Å². The van der Waals surface area contributed by atoms with E-state index in [0.717, 1.165) is 15.7 Å². The topological polar surface area (TPSA) is 29.5 Å². The Labute approximate surface area is 205 Å². The predicted octanol–water partition coefficient (Wildman–Crippen LogP) is 7.33. The maximum Gasteiger partial charge on any atom is 0.308 e. The summed E-state index contributed by atoms with van der Waals surface area (Å²) >= 11 is 2.37. The summed E-state index contributed by atoms with van der Waals surface area (Å²) in [5, 5.41) is 0. The second kappa shape index (κ2) is 11.1. The molecule has 3 nitrogen and oxygen atoms in total. The van der Waals surface area contributed by atoms with E-state index in [1.54, 1.807) is 0 Å². The molecule has 0 fully saturated rings. The molecule has 0 saturated carbocycles. The monoisotopic (exact) mass is 541 g/mol. The van der Waals surface area contributed by atoms with Crippen LogP contribution in [0, 0.1) is 3.57 Å². The number of benzene rings is 3. The van der Waals surface area contributed by atoms with Crippen LogP contribution in [0.4, 0.5) is 0 Å². The minimum atomic E-state index is -0.513. The van der Waals surface area contributed by atoms with Crippen molar-refractivity contribution >= 4 is 28.6 Å². The Morgan fingerprint density at radius 2 is 1.47 bits per heavy atom. The number of rotatable bonds is 8. The molecule has 1 unspecified atom stereocenters. The minimum Gasteiger partial charge on any atom is -0.460 e. The number of hydrogen-bond acceptors (Lipinski definition) is 3. The van der Waals surface area contributed by atoms with Crippen LogP contribution in [0.5, 0.6) is 0 Å². The molecule has 0 amide bonds. The van der Waals surface area contributed by atoms with E-state index in [-0.39, 0.29) is 18.1 Å². The summed E-state index contributed by atoms with van der Waals surface area (Å²) in [5.74, 6) is -0.180. The van der Waals surface area contributed by atoms with Crippen LogP contribution in [0.3, 0.4) is 0 Å². The van der Waals surface area contributed by atoms with E-state index in [2.05, 4.69) is 95.1 Å². The number of halogens is 1. The lowest BCUT2D eigenvalue weighted by atomic mass is 9.96. The summed E-state index contributed by atoms with van der Waals surface area (Å²) in [4.78, 5) is 15.4. The number of ether oxygens (including phenoxy) is 1. The van der Waals surface area contributed by atoms with Crippen LogP contribution in [-0.2, 0) is 16.1 Å². The molecular weight excluding hydrogens is 509 g/mol. The lowest BCUT2D eigenvalue weighted by Crippen LogP contribution is -2.35. The van der Waals surface area contributed by atoms with E-state index in [1.165, 1.54) is 11.1 Å². The van der Waals surface area contributed by atoms with Gasteiger partial charge in [0.25, 0.3) is 0 Å². The van der Waals surface area contributed by atoms with Crippen molar-refractivity contribution in [1.82, 2.24) is 4.90 Å². The van der Waals surface area contributed by atoms with Crippen LogP contribution in [0.2, 0.25) is 0 Å². The lowest BCUT2D eigenvalue weighted by molar-refractivity contribution is -0.156. The average Bonchev–Trinajstić information content (AvgIpc) is 2.76. The van der Waals surface area contributed by atoms with Gasteiger partial charge >= 0.3 is 5.97 Å². The molecule has 0 N–H and O–H groups in total. The van der Waals surface area contributed by atoms with Crippen molar-refractivity contribution < 1.29 is 9.53 Å². The Hall–Kier alpha value is -2.18. The van der Waals surface area contributed by atoms with Crippen LogP contribution >= 0.6 is 22.6 Å². The van der Waals surface area contributed by atoms with E-state index in [4.69, 9.17) is 4.74 Å². The summed E-state index contributed by atoms with van der Waals surface area (Å²) in [5.41, 5.74) is 3.08. The Morgan fingerprint density at radius 1 is 0.906 bits per heavy atom. The fourth-order valence-corrected chi connectivity index (χ4v) is 4.67. The molecule has 3 rings (SSSR count). The number of esters is 1. The molecule has 3 aromatic rings. The Balaban J connectivity index is 2.04. The summed E-state index contributed by atoms with van der Waals surface area (Å²) in [6, 6.07) is 29.3. The average molecular weight is 541 g/mol. The van der Waals surface area contributed by atoms with Gasteiger partial charge < -0.3 is 4.74 Å². The zero-order valence-corrected chi connectivity index (χ0v) is 21.5. The number of carbonyl (C=O) groups is 1. The first kappa shape index (κ1) is 24.5. The molecule has 0 bridgehead atoms. The van der Waals surface area contributed by atoms with E-state index < -0.39 is 5.60 Å². The van der Waals surface area contributed by atoms with Crippen molar-refractivity contribution in [3.8, 4) is 0 Å². The number of carbonyl (C=O) groups excluding carboxylic acids is 1. The minimum absolute atomic E-state index is 0.111. The molecule has 32 heavy (non-hydrogen) atoms. The molecule has 4 heteroatoms. The number of hydrogen-bond donors (Lipinski definition) is 0. The third-order valence-corrected chi connectivity index (χ3v) is 6.41. The normalized spacial score (nSPS) is 13.6. The van der Waals surface area contributed by atoms with Gasteiger partial charge in [-0.3, -0.25) is 9.69 Å². The fraction of sp³-hybridized carbons (Fsp3) is 0.321. The van der Waals surface area contributed by atoms with Gasteiger partial charge in [-0.25, -0.2) is 0 Å². The predicted molar refractivity (Wildman–Crippen MR) is 139 cm³/mol. The van der Waals surface area contributed by atoms with Crippen molar-refractivity contribution in [3.05, 3.63) is 105 Å². The van der Waals surface area contributed by atoms with Gasteiger partial charge in [-0.05, 0) is 73.0 Å². The summed E-state index contributed by atoms with van der Waals surface area (Å²) in [7, 11) is 0. The summed E-state index contributed by atoms with van der Waals surface area (Å²) < 4.78 is 6.90. The van der Waals surface area contributed by atoms with Crippen LogP contribution in [0.1, 0.15) is 62.9 Å². The molecule has 2 atom stereocenters. The highest BCUT2D eigenvalue weighted by molar-refractivity contribution is 14.1. The van der Waals surface area contributed by atoms with E-state index in [1.807, 2.05) is 45.0 Å². The molecule has 0 saturated heterocycles. The van der Waals surface area contributed by atoms with Gasteiger partial charge in [-0.1, -0.05) is 78.9 Å². The molecule has 0 radical (unpaired) electrons. The first-order valence-corrected chi connectivity index (χ1v) is 12.1. The van der Waals surface area contributed by atoms with E-state index >= 15 is 0 Å². The lowest BCUT2D eigenvalue weighted by Gasteiger charge is -2.37. The highest BCUT2D eigenvalue weighted by Crippen LogP contribution is 2.37. The zero-order valence-electron chi connectivity index (χ0n) is 19.3. The summed E-state index contributed by atoms with van der Waals surface area (Å²) in [6.45, 7) is 8.70. The molecular formula is C28H32INO2. The van der Waals surface area contributed by atoms with Gasteiger partial charge in [0.2, 0.25) is 0 Å². The van der Waals surface area contributed by atoms with Gasteiger partial charge in [-0.15, -0.1) is 0 Å².